The molecule has 2 aliphatic rings. The molecule has 1 aromatic rings. The van der Waals surface area contributed by atoms with Crippen LogP contribution in [0.15, 0.2) is 22.8 Å². The molecule has 2 unspecified atom stereocenters. The van der Waals surface area contributed by atoms with Crippen LogP contribution in [0.2, 0.25) is 0 Å². The molecule has 0 spiro atoms. The zero-order valence-corrected chi connectivity index (χ0v) is 10.6. The van der Waals surface area contributed by atoms with Crippen LogP contribution in [0.5, 0.6) is 0 Å². The number of aliphatic hydroxyl groups is 1. The highest BCUT2D eigenvalue weighted by Gasteiger charge is 2.64. The number of furan rings is 1. The van der Waals surface area contributed by atoms with Crippen molar-refractivity contribution in [1.29, 1.82) is 0 Å². The minimum Gasteiger partial charge on any atom is -0.467 e. The first-order valence-corrected chi connectivity index (χ1v) is 6.96. The average molecular weight is 234 g/mol. The summed E-state index contributed by atoms with van der Waals surface area (Å²) in [5, 5.41) is 10.5. The summed E-state index contributed by atoms with van der Waals surface area (Å²) in [4.78, 5) is 0. The third-order valence-electron chi connectivity index (χ3n) is 5.16. The Balaban J connectivity index is 1.78. The number of hydrogen-bond acceptors (Lipinski definition) is 2. The maximum Gasteiger partial charge on any atom is 0.132 e. The standard InChI is InChI=1S/C15H22O2/c1-15(14(16)13-9-6-10-17-13)11-7-4-2-3-5-8-12(11)15/h6,9-12,14,16H,2-5,7-8H2,1H3/t11-,12+,14?,15?. The van der Waals surface area contributed by atoms with Crippen molar-refractivity contribution in [3.63, 3.8) is 0 Å². The normalized spacial score (nSPS) is 38.9. The average Bonchev–Trinajstić information content (AvgIpc) is 2.70. The number of rotatable bonds is 2. The first-order valence-electron chi connectivity index (χ1n) is 6.96. The Morgan fingerprint density at radius 2 is 1.88 bits per heavy atom. The van der Waals surface area contributed by atoms with Crippen molar-refractivity contribution in [1.82, 2.24) is 0 Å². The van der Waals surface area contributed by atoms with Crippen molar-refractivity contribution >= 4 is 0 Å². The quantitative estimate of drug-likeness (QED) is 0.841. The van der Waals surface area contributed by atoms with E-state index in [4.69, 9.17) is 4.42 Å². The highest BCUT2D eigenvalue weighted by atomic mass is 16.4. The van der Waals surface area contributed by atoms with Crippen LogP contribution in [0.3, 0.4) is 0 Å². The molecule has 0 amide bonds. The highest BCUT2D eigenvalue weighted by molar-refractivity contribution is 5.18. The van der Waals surface area contributed by atoms with E-state index in [9.17, 15) is 5.11 Å². The third-order valence-corrected chi connectivity index (χ3v) is 5.16. The van der Waals surface area contributed by atoms with Gasteiger partial charge in [0, 0.05) is 5.41 Å². The summed E-state index contributed by atoms with van der Waals surface area (Å²) in [6, 6.07) is 3.77. The molecule has 0 aromatic carbocycles. The summed E-state index contributed by atoms with van der Waals surface area (Å²) in [6.45, 7) is 2.25. The molecule has 0 radical (unpaired) electrons. The molecule has 0 saturated heterocycles. The van der Waals surface area contributed by atoms with E-state index in [2.05, 4.69) is 6.92 Å². The van der Waals surface area contributed by atoms with Crippen LogP contribution < -0.4 is 0 Å². The maximum atomic E-state index is 10.5. The first-order chi connectivity index (χ1) is 8.24. The van der Waals surface area contributed by atoms with Gasteiger partial charge in [0.05, 0.1) is 6.26 Å². The van der Waals surface area contributed by atoms with Crippen molar-refractivity contribution in [2.75, 3.05) is 0 Å². The molecular formula is C15H22O2. The molecule has 1 aromatic heterocycles. The predicted octanol–water partition coefficient (Wildman–Crippen LogP) is 3.92. The lowest BCUT2D eigenvalue weighted by Gasteiger charge is -2.18. The van der Waals surface area contributed by atoms with Gasteiger partial charge in [0.15, 0.2) is 0 Å². The molecule has 17 heavy (non-hydrogen) atoms. The van der Waals surface area contributed by atoms with E-state index in [0.717, 1.165) is 5.76 Å². The Morgan fingerprint density at radius 1 is 1.24 bits per heavy atom. The summed E-state index contributed by atoms with van der Waals surface area (Å²) in [7, 11) is 0. The van der Waals surface area contributed by atoms with E-state index in [1.807, 2.05) is 12.1 Å². The summed E-state index contributed by atoms with van der Waals surface area (Å²) < 4.78 is 5.38. The maximum absolute atomic E-state index is 10.5. The zero-order valence-electron chi connectivity index (χ0n) is 10.6. The minimum absolute atomic E-state index is 0.0716. The van der Waals surface area contributed by atoms with E-state index in [1.54, 1.807) is 6.26 Å². The Labute approximate surface area is 103 Å². The topological polar surface area (TPSA) is 33.4 Å². The molecule has 1 heterocycles. The fourth-order valence-corrected chi connectivity index (χ4v) is 3.99. The molecule has 1 N–H and O–H groups in total. The van der Waals surface area contributed by atoms with Gasteiger partial charge >= 0.3 is 0 Å². The van der Waals surface area contributed by atoms with E-state index < -0.39 is 6.10 Å². The van der Waals surface area contributed by atoms with Crippen LogP contribution in [0.25, 0.3) is 0 Å². The number of fused-ring (bicyclic) bond motifs is 1. The Hall–Kier alpha value is -0.760. The fourth-order valence-electron chi connectivity index (χ4n) is 3.99. The number of hydrogen-bond donors (Lipinski definition) is 1. The van der Waals surface area contributed by atoms with Gasteiger partial charge in [-0.25, -0.2) is 0 Å². The van der Waals surface area contributed by atoms with Crippen LogP contribution in [0.1, 0.15) is 57.3 Å². The van der Waals surface area contributed by atoms with Crippen molar-refractivity contribution in [3.8, 4) is 0 Å². The van der Waals surface area contributed by atoms with Crippen molar-refractivity contribution in [3.05, 3.63) is 24.2 Å². The number of aliphatic hydroxyl groups excluding tert-OH is 1. The molecular weight excluding hydrogens is 212 g/mol. The molecule has 0 bridgehead atoms. The van der Waals surface area contributed by atoms with Gasteiger partial charge in [-0.3, -0.25) is 0 Å². The Morgan fingerprint density at radius 3 is 2.41 bits per heavy atom. The van der Waals surface area contributed by atoms with Crippen molar-refractivity contribution in [2.45, 2.75) is 51.6 Å². The lowest BCUT2D eigenvalue weighted by atomic mass is 9.93. The van der Waals surface area contributed by atoms with Crippen LogP contribution in [0.4, 0.5) is 0 Å². The van der Waals surface area contributed by atoms with Gasteiger partial charge in [0.25, 0.3) is 0 Å². The van der Waals surface area contributed by atoms with Gasteiger partial charge in [0.2, 0.25) is 0 Å². The zero-order chi connectivity index (χ0) is 11.9. The monoisotopic (exact) mass is 234 g/mol. The molecule has 0 aliphatic heterocycles. The third kappa shape index (κ3) is 1.74. The Kier molecular flexibility index (Phi) is 2.78. The summed E-state index contributed by atoms with van der Waals surface area (Å²) in [6.07, 6.45) is 9.24. The van der Waals surface area contributed by atoms with Gasteiger partial charge in [-0.05, 0) is 36.8 Å². The molecule has 2 aliphatic carbocycles. The second-order valence-corrected chi connectivity index (χ2v) is 5.99. The minimum atomic E-state index is -0.411. The summed E-state index contributed by atoms with van der Waals surface area (Å²) >= 11 is 0. The molecule has 4 atom stereocenters. The largest absolute Gasteiger partial charge is 0.467 e. The first kappa shape index (κ1) is 11.3. The van der Waals surface area contributed by atoms with Gasteiger partial charge in [-0.1, -0.05) is 32.6 Å². The van der Waals surface area contributed by atoms with Crippen LogP contribution in [-0.2, 0) is 0 Å². The van der Waals surface area contributed by atoms with Crippen LogP contribution in [0, 0.1) is 17.3 Å². The lowest BCUT2D eigenvalue weighted by molar-refractivity contribution is 0.0637. The van der Waals surface area contributed by atoms with E-state index in [-0.39, 0.29) is 5.41 Å². The van der Waals surface area contributed by atoms with Crippen molar-refractivity contribution < 1.29 is 9.52 Å². The SMILES string of the molecule is CC1(C(O)c2ccco2)[C@@H]2CCCCCC[C@@H]21. The van der Waals surface area contributed by atoms with Gasteiger partial charge in [-0.2, -0.15) is 0 Å². The van der Waals surface area contributed by atoms with Gasteiger partial charge in [-0.15, -0.1) is 0 Å². The summed E-state index contributed by atoms with van der Waals surface area (Å²) in [5.74, 6) is 2.17. The molecule has 2 saturated carbocycles. The Bertz CT molecular complexity index is 354. The second kappa shape index (κ2) is 4.16. The summed E-state index contributed by atoms with van der Waals surface area (Å²) in [5.41, 5.74) is 0.0716. The van der Waals surface area contributed by atoms with Gasteiger partial charge < -0.3 is 9.52 Å². The van der Waals surface area contributed by atoms with E-state index in [1.165, 1.54) is 38.5 Å². The predicted molar refractivity (Wildman–Crippen MR) is 66.5 cm³/mol. The second-order valence-electron chi connectivity index (χ2n) is 5.99. The highest BCUT2D eigenvalue weighted by Crippen LogP contribution is 2.69. The molecule has 2 nitrogen and oxygen atoms in total. The van der Waals surface area contributed by atoms with E-state index >= 15 is 0 Å². The van der Waals surface area contributed by atoms with E-state index in [0.29, 0.717) is 11.8 Å². The molecule has 3 rings (SSSR count). The fraction of sp³-hybridized carbons (Fsp3) is 0.733. The molecule has 2 heteroatoms. The smallest absolute Gasteiger partial charge is 0.132 e. The molecule has 2 fully saturated rings. The van der Waals surface area contributed by atoms with Crippen molar-refractivity contribution in [2.24, 2.45) is 17.3 Å². The van der Waals surface area contributed by atoms with Gasteiger partial charge in [0.1, 0.15) is 11.9 Å². The van der Waals surface area contributed by atoms with Crippen LogP contribution >= 0.6 is 0 Å². The molecule has 94 valence electrons. The lowest BCUT2D eigenvalue weighted by Crippen LogP contribution is -2.13. The van der Waals surface area contributed by atoms with Crippen LogP contribution in [-0.4, -0.2) is 5.11 Å².